The number of nitrogens with zero attached hydrogens (tertiary/aromatic N) is 2. The standard InChI is InChI=1S/C19H22ClFN2O4/c1-19(2,22(3)4)9-27-17-13(21)7-11-15(14(17)20)23(10-5-6-10)8-12(16(11)24)18(25)26/h7-8,10H,5-6,9H2,1-4H3,(H,25,26). The Kier molecular flexibility index (Phi) is 4.94. The average molecular weight is 397 g/mol. The Balaban J connectivity index is 2.19. The quantitative estimate of drug-likeness (QED) is 0.808. The number of hydrogen-bond acceptors (Lipinski definition) is 4. The number of aromatic nitrogens is 1. The van der Waals surface area contributed by atoms with Crippen molar-refractivity contribution in [2.45, 2.75) is 38.3 Å². The highest BCUT2D eigenvalue weighted by molar-refractivity contribution is 6.36. The normalized spacial score (nSPS) is 14.8. The molecule has 0 radical (unpaired) electrons. The summed E-state index contributed by atoms with van der Waals surface area (Å²) in [6, 6.07) is 1.06. The summed E-state index contributed by atoms with van der Waals surface area (Å²) in [5, 5.41) is 9.24. The fourth-order valence-electron chi connectivity index (χ4n) is 2.73. The van der Waals surface area contributed by atoms with Gasteiger partial charge in [0.2, 0.25) is 5.43 Å². The van der Waals surface area contributed by atoms with E-state index in [1.807, 2.05) is 32.8 Å². The van der Waals surface area contributed by atoms with Crippen molar-refractivity contribution in [3.05, 3.63) is 38.9 Å². The molecule has 0 aliphatic heterocycles. The third kappa shape index (κ3) is 3.53. The Morgan fingerprint density at radius 2 is 2.07 bits per heavy atom. The zero-order valence-electron chi connectivity index (χ0n) is 15.7. The van der Waals surface area contributed by atoms with Gasteiger partial charge in [0.25, 0.3) is 0 Å². The molecule has 1 saturated carbocycles. The zero-order chi connectivity index (χ0) is 20.1. The number of halogens is 2. The molecule has 1 aromatic heterocycles. The summed E-state index contributed by atoms with van der Waals surface area (Å²) in [5.74, 6) is -2.26. The number of carboxylic acids is 1. The Bertz CT molecular complexity index is 980. The summed E-state index contributed by atoms with van der Waals surface area (Å²) in [6.07, 6.45) is 2.98. The van der Waals surface area contributed by atoms with Crippen LogP contribution in [0.25, 0.3) is 10.9 Å². The van der Waals surface area contributed by atoms with Crippen LogP contribution in [0, 0.1) is 5.82 Å². The van der Waals surface area contributed by atoms with Gasteiger partial charge in [0.05, 0.1) is 10.9 Å². The second-order valence-corrected chi connectivity index (χ2v) is 8.09. The van der Waals surface area contributed by atoms with Crippen molar-refractivity contribution in [1.29, 1.82) is 0 Å². The molecule has 1 N–H and O–H groups in total. The van der Waals surface area contributed by atoms with Gasteiger partial charge in [-0.3, -0.25) is 4.79 Å². The second kappa shape index (κ2) is 6.80. The van der Waals surface area contributed by atoms with Crippen LogP contribution in [0.1, 0.15) is 43.1 Å². The maximum absolute atomic E-state index is 14.7. The lowest BCUT2D eigenvalue weighted by molar-refractivity contribution is 0.0695. The molecule has 8 heteroatoms. The molecule has 1 aliphatic carbocycles. The molecule has 2 aromatic rings. The number of pyridine rings is 1. The molecule has 27 heavy (non-hydrogen) atoms. The lowest BCUT2D eigenvalue weighted by Gasteiger charge is -2.32. The highest BCUT2D eigenvalue weighted by Gasteiger charge is 2.30. The molecular weight excluding hydrogens is 375 g/mol. The van der Waals surface area contributed by atoms with Crippen molar-refractivity contribution in [3.8, 4) is 5.75 Å². The number of aromatic carboxylic acids is 1. The molecule has 0 atom stereocenters. The maximum atomic E-state index is 14.7. The van der Waals surface area contributed by atoms with E-state index in [1.165, 1.54) is 6.20 Å². The van der Waals surface area contributed by atoms with E-state index in [2.05, 4.69) is 0 Å². The Morgan fingerprint density at radius 1 is 1.44 bits per heavy atom. The van der Waals surface area contributed by atoms with E-state index in [-0.39, 0.29) is 34.3 Å². The number of hydrogen-bond donors (Lipinski definition) is 1. The number of carbonyl (C=O) groups is 1. The summed E-state index contributed by atoms with van der Waals surface area (Å²) in [7, 11) is 3.78. The molecule has 0 spiro atoms. The van der Waals surface area contributed by atoms with Crippen LogP contribution in [0.5, 0.6) is 5.75 Å². The monoisotopic (exact) mass is 396 g/mol. The Morgan fingerprint density at radius 3 is 2.59 bits per heavy atom. The van der Waals surface area contributed by atoms with E-state index in [9.17, 15) is 19.1 Å². The SMILES string of the molecule is CN(C)C(C)(C)COc1c(F)cc2c(=O)c(C(=O)O)cn(C3CC3)c2c1Cl. The molecule has 3 rings (SSSR count). The van der Waals surface area contributed by atoms with Gasteiger partial charge in [-0.05, 0) is 46.9 Å². The minimum Gasteiger partial charge on any atom is -0.487 e. The topological polar surface area (TPSA) is 71.8 Å². The van der Waals surface area contributed by atoms with Crippen molar-refractivity contribution in [1.82, 2.24) is 9.47 Å². The molecular formula is C19H22ClFN2O4. The Hall–Kier alpha value is -2.12. The third-order valence-electron chi connectivity index (χ3n) is 5.12. The van der Waals surface area contributed by atoms with Gasteiger partial charge < -0.3 is 19.3 Å². The van der Waals surface area contributed by atoms with Crippen LogP contribution >= 0.6 is 11.6 Å². The average Bonchev–Trinajstić information content (AvgIpc) is 3.39. The van der Waals surface area contributed by atoms with Crippen LogP contribution in [-0.4, -0.2) is 46.8 Å². The van der Waals surface area contributed by atoms with Gasteiger partial charge in [-0.15, -0.1) is 0 Å². The number of carboxylic acid groups (broad SMARTS) is 1. The Labute approximate surface area is 161 Å². The van der Waals surface area contributed by atoms with E-state index in [0.29, 0.717) is 5.52 Å². The third-order valence-corrected chi connectivity index (χ3v) is 5.47. The first-order valence-electron chi connectivity index (χ1n) is 8.65. The summed E-state index contributed by atoms with van der Waals surface area (Å²) >= 11 is 6.45. The van der Waals surface area contributed by atoms with Crippen molar-refractivity contribution < 1.29 is 19.0 Å². The van der Waals surface area contributed by atoms with Crippen LogP contribution in [0.15, 0.2) is 17.1 Å². The fraction of sp³-hybridized carbons (Fsp3) is 0.474. The smallest absolute Gasteiger partial charge is 0.341 e. The molecule has 146 valence electrons. The van der Waals surface area contributed by atoms with E-state index >= 15 is 0 Å². The first-order chi connectivity index (χ1) is 12.5. The molecule has 1 heterocycles. The van der Waals surface area contributed by atoms with Gasteiger partial charge in [-0.1, -0.05) is 11.6 Å². The first kappa shape index (κ1) is 19.6. The molecule has 0 amide bonds. The van der Waals surface area contributed by atoms with E-state index in [4.69, 9.17) is 16.3 Å². The summed E-state index contributed by atoms with van der Waals surface area (Å²) in [5.41, 5.74) is -1.20. The largest absolute Gasteiger partial charge is 0.487 e. The van der Waals surface area contributed by atoms with E-state index in [1.54, 1.807) is 4.57 Å². The lowest BCUT2D eigenvalue weighted by atomic mass is 10.1. The number of ether oxygens (including phenoxy) is 1. The van der Waals surface area contributed by atoms with Crippen LogP contribution in [-0.2, 0) is 0 Å². The molecule has 1 fully saturated rings. The van der Waals surface area contributed by atoms with Gasteiger partial charge in [-0.2, -0.15) is 0 Å². The minimum atomic E-state index is -1.35. The molecule has 0 saturated heterocycles. The van der Waals surface area contributed by atoms with Gasteiger partial charge in [-0.25, -0.2) is 9.18 Å². The van der Waals surface area contributed by atoms with E-state index in [0.717, 1.165) is 18.9 Å². The maximum Gasteiger partial charge on any atom is 0.341 e. The highest BCUT2D eigenvalue weighted by atomic mass is 35.5. The van der Waals surface area contributed by atoms with Crippen LogP contribution in [0.3, 0.4) is 0 Å². The van der Waals surface area contributed by atoms with Crippen molar-refractivity contribution in [2.75, 3.05) is 20.7 Å². The highest BCUT2D eigenvalue weighted by Crippen LogP contribution is 2.42. The molecule has 1 aromatic carbocycles. The molecule has 0 unspecified atom stereocenters. The predicted molar refractivity (Wildman–Crippen MR) is 102 cm³/mol. The summed E-state index contributed by atoms with van der Waals surface area (Å²) < 4.78 is 22.1. The van der Waals surface area contributed by atoms with Crippen LogP contribution < -0.4 is 10.2 Å². The van der Waals surface area contributed by atoms with Crippen LogP contribution in [0.2, 0.25) is 5.02 Å². The van der Waals surface area contributed by atoms with Crippen molar-refractivity contribution >= 4 is 28.5 Å². The van der Waals surface area contributed by atoms with Gasteiger partial charge in [0.15, 0.2) is 11.6 Å². The molecule has 0 bridgehead atoms. The van der Waals surface area contributed by atoms with Crippen molar-refractivity contribution in [2.24, 2.45) is 0 Å². The number of fused-ring (bicyclic) bond motifs is 1. The number of benzene rings is 1. The van der Waals surface area contributed by atoms with Gasteiger partial charge in [0, 0.05) is 17.8 Å². The van der Waals surface area contributed by atoms with E-state index < -0.39 is 22.8 Å². The van der Waals surface area contributed by atoms with Crippen LogP contribution in [0.4, 0.5) is 4.39 Å². The minimum absolute atomic E-state index is 0.0134. The summed E-state index contributed by atoms with van der Waals surface area (Å²) in [6.45, 7) is 4.07. The fourth-order valence-corrected chi connectivity index (χ4v) is 3.07. The van der Waals surface area contributed by atoms with Crippen molar-refractivity contribution in [3.63, 3.8) is 0 Å². The number of likely N-dealkylation sites (N-methyl/N-ethyl adjacent to an activating group) is 1. The molecule has 1 aliphatic rings. The zero-order valence-corrected chi connectivity index (χ0v) is 16.4. The number of rotatable bonds is 6. The second-order valence-electron chi connectivity index (χ2n) is 7.71. The van der Waals surface area contributed by atoms with Gasteiger partial charge in [0.1, 0.15) is 17.2 Å². The first-order valence-corrected chi connectivity index (χ1v) is 9.02. The van der Waals surface area contributed by atoms with Gasteiger partial charge >= 0.3 is 5.97 Å². The lowest BCUT2D eigenvalue weighted by Crippen LogP contribution is -2.43. The predicted octanol–water partition coefficient (Wildman–Crippen LogP) is 3.55. The summed E-state index contributed by atoms with van der Waals surface area (Å²) in [4.78, 5) is 25.9. The molecule has 6 nitrogen and oxygen atoms in total.